The molecule has 1 aliphatic heterocycles. The fourth-order valence-electron chi connectivity index (χ4n) is 2.78. The number of fused-ring (bicyclic) bond motifs is 1. The van der Waals surface area contributed by atoms with E-state index < -0.39 is 0 Å². The maximum Gasteiger partial charge on any atom is 0.123 e. The lowest BCUT2D eigenvalue weighted by Gasteiger charge is -2.28. The molecule has 2 aromatic carbocycles. The zero-order valence-corrected chi connectivity index (χ0v) is 11.6. The lowest BCUT2D eigenvalue weighted by atomic mass is 9.85. The maximum atomic E-state index is 6.11. The third-order valence-electron chi connectivity index (χ3n) is 3.64. The standard InChI is InChI=1S/C16H16ClNO/c1-19-15-7-3-5-12-9-18-10-14(16(12)15)11-4-2-6-13(17)8-11/h2-8,14,18H,9-10H2,1H3. The summed E-state index contributed by atoms with van der Waals surface area (Å²) in [5, 5.41) is 4.24. The summed E-state index contributed by atoms with van der Waals surface area (Å²) in [5.74, 6) is 1.25. The number of methoxy groups -OCH3 is 1. The van der Waals surface area contributed by atoms with Crippen molar-refractivity contribution in [3.05, 3.63) is 64.2 Å². The summed E-state index contributed by atoms with van der Waals surface area (Å²) < 4.78 is 5.53. The van der Waals surface area contributed by atoms with Crippen LogP contribution in [-0.2, 0) is 6.54 Å². The van der Waals surface area contributed by atoms with Gasteiger partial charge in [0, 0.05) is 29.6 Å². The van der Waals surface area contributed by atoms with Gasteiger partial charge < -0.3 is 10.1 Å². The molecule has 1 N–H and O–H groups in total. The van der Waals surface area contributed by atoms with E-state index in [0.717, 1.165) is 23.9 Å². The lowest BCUT2D eigenvalue weighted by molar-refractivity contribution is 0.402. The molecule has 1 unspecified atom stereocenters. The Hall–Kier alpha value is -1.51. The topological polar surface area (TPSA) is 21.3 Å². The second kappa shape index (κ2) is 5.24. The summed E-state index contributed by atoms with van der Waals surface area (Å²) >= 11 is 6.11. The Balaban J connectivity index is 2.12. The van der Waals surface area contributed by atoms with Crippen molar-refractivity contribution in [2.45, 2.75) is 12.5 Å². The molecule has 3 heteroatoms. The highest BCUT2D eigenvalue weighted by molar-refractivity contribution is 6.30. The van der Waals surface area contributed by atoms with Gasteiger partial charge in [0.25, 0.3) is 0 Å². The normalized spacial score (nSPS) is 17.9. The number of nitrogens with one attached hydrogen (secondary N) is 1. The molecule has 98 valence electrons. The first kappa shape index (κ1) is 12.5. The van der Waals surface area contributed by atoms with Gasteiger partial charge in [0.05, 0.1) is 7.11 Å². The van der Waals surface area contributed by atoms with Crippen molar-refractivity contribution in [2.24, 2.45) is 0 Å². The minimum Gasteiger partial charge on any atom is -0.496 e. The van der Waals surface area contributed by atoms with Crippen LogP contribution < -0.4 is 10.1 Å². The number of benzene rings is 2. The maximum absolute atomic E-state index is 6.11. The second-order valence-corrected chi connectivity index (χ2v) is 5.21. The van der Waals surface area contributed by atoms with Gasteiger partial charge in [0.2, 0.25) is 0 Å². The molecule has 0 bridgehead atoms. The Morgan fingerprint density at radius 1 is 1.21 bits per heavy atom. The highest BCUT2D eigenvalue weighted by Gasteiger charge is 2.25. The molecule has 0 radical (unpaired) electrons. The fourth-order valence-corrected chi connectivity index (χ4v) is 2.98. The molecule has 0 aliphatic carbocycles. The molecular weight excluding hydrogens is 258 g/mol. The summed E-state index contributed by atoms with van der Waals surface area (Å²) in [6.07, 6.45) is 0. The van der Waals surface area contributed by atoms with E-state index in [2.05, 4.69) is 17.4 Å². The molecule has 0 fully saturated rings. The van der Waals surface area contributed by atoms with Crippen molar-refractivity contribution in [3.63, 3.8) is 0 Å². The Kier molecular flexibility index (Phi) is 3.45. The lowest BCUT2D eigenvalue weighted by Crippen LogP contribution is -2.29. The van der Waals surface area contributed by atoms with Crippen LogP contribution in [0.25, 0.3) is 0 Å². The molecule has 1 atom stereocenters. The van der Waals surface area contributed by atoms with Crippen molar-refractivity contribution in [1.82, 2.24) is 5.32 Å². The number of rotatable bonds is 2. The van der Waals surface area contributed by atoms with Crippen LogP contribution in [-0.4, -0.2) is 13.7 Å². The molecule has 0 spiro atoms. The molecular formula is C16H16ClNO. The summed E-state index contributed by atoms with van der Waals surface area (Å²) in [7, 11) is 1.73. The molecule has 0 saturated heterocycles. The fraction of sp³-hybridized carbons (Fsp3) is 0.250. The van der Waals surface area contributed by atoms with E-state index in [1.165, 1.54) is 16.7 Å². The molecule has 1 aliphatic rings. The van der Waals surface area contributed by atoms with Crippen LogP contribution in [0.1, 0.15) is 22.6 Å². The number of halogens is 1. The zero-order valence-electron chi connectivity index (χ0n) is 10.8. The second-order valence-electron chi connectivity index (χ2n) is 4.77. The summed E-state index contributed by atoms with van der Waals surface area (Å²) in [6.45, 7) is 1.80. The molecule has 2 aromatic rings. The van der Waals surface area contributed by atoms with E-state index in [9.17, 15) is 0 Å². The highest BCUT2D eigenvalue weighted by Crippen LogP contribution is 2.37. The molecule has 3 rings (SSSR count). The molecule has 19 heavy (non-hydrogen) atoms. The summed E-state index contributed by atoms with van der Waals surface area (Å²) in [6, 6.07) is 14.3. The van der Waals surface area contributed by atoms with Crippen LogP contribution in [0.3, 0.4) is 0 Å². The Labute approximate surface area is 118 Å². The Bertz CT molecular complexity index is 583. The average Bonchev–Trinajstić information content (AvgIpc) is 2.46. The van der Waals surface area contributed by atoms with E-state index in [0.29, 0.717) is 5.92 Å². The third kappa shape index (κ3) is 2.34. The van der Waals surface area contributed by atoms with Crippen molar-refractivity contribution < 1.29 is 4.74 Å². The first-order valence-electron chi connectivity index (χ1n) is 6.41. The van der Waals surface area contributed by atoms with Crippen LogP contribution in [0.2, 0.25) is 5.02 Å². The van der Waals surface area contributed by atoms with Crippen LogP contribution in [0, 0.1) is 0 Å². The molecule has 2 nitrogen and oxygen atoms in total. The van der Waals surface area contributed by atoms with Crippen LogP contribution in [0.4, 0.5) is 0 Å². The molecule has 0 aromatic heterocycles. The first-order chi connectivity index (χ1) is 9.29. The predicted octanol–water partition coefficient (Wildman–Crippen LogP) is 3.58. The van der Waals surface area contributed by atoms with Gasteiger partial charge in [-0.2, -0.15) is 0 Å². The highest BCUT2D eigenvalue weighted by atomic mass is 35.5. The van der Waals surface area contributed by atoms with Gasteiger partial charge >= 0.3 is 0 Å². The molecule has 1 heterocycles. The van der Waals surface area contributed by atoms with Crippen molar-refractivity contribution >= 4 is 11.6 Å². The van der Waals surface area contributed by atoms with Gasteiger partial charge in [-0.05, 0) is 29.3 Å². The largest absolute Gasteiger partial charge is 0.496 e. The van der Waals surface area contributed by atoms with E-state index in [-0.39, 0.29) is 0 Å². The Morgan fingerprint density at radius 3 is 2.84 bits per heavy atom. The SMILES string of the molecule is COc1cccc2c1C(c1cccc(Cl)c1)CNC2. The van der Waals surface area contributed by atoms with E-state index in [1.54, 1.807) is 7.11 Å². The Morgan fingerprint density at radius 2 is 2.05 bits per heavy atom. The van der Waals surface area contributed by atoms with Crippen LogP contribution in [0.5, 0.6) is 5.75 Å². The zero-order chi connectivity index (χ0) is 13.2. The van der Waals surface area contributed by atoms with Gasteiger partial charge in [-0.25, -0.2) is 0 Å². The smallest absolute Gasteiger partial charge is 0.123 e. The van der Waals surface area contributed by atoms with Gasteiger partial charge in [0.1, 0.15) is 5.75 Å². The van der Waals surface area contributed by atoms with Crippen molar-refractivity contribution in [3.8, 4) is 5.75 Å². The monoisotopic (exact) mass is 273 g/mol. The minimum absolute atomic E-state index is 0.290. The van der Waals surface area contributed by atoms with E-state index in [4.69, 9.17) is 16.3 Å². The molecule has 0 saturated carbocycles. The first-order valence-corrected chi connectivity index (χ1v) is 6.79. The van der Waals surface area contributed by atoms with Crippen molar-refractivity contribution in [2.75, 3.05) is 13.7 Å². The number of hydrogen-bond donors (Lipinski definition) is 1. The quantitative estimate of drug-likeness (QED) is 0.903. The van der Waals surface area contributed by atoms with Crippen LogP contribution in [0.15, 0.2) is 42.5 Å². The van der Waals surface area contributed by atoms with E-state index in [1.807, 2.05) is 30.3 Å². The van der Waals surface area contributed by atoms with Gasteiger partial charge in [-0.15, -0.1) is 0 Å². The number of hydrogen-bond acceptors (Lipinski definition) is 2. The third-order valence-corrected chi connectivity index (χ3v) is 3.87. The molecule has 0 amide bonds. The minimum atomic E-state index is 0.290. The van der Waals surface area contributed by atoms with E-state index >= 15 is 0 Å². The number of ether oxygens (including phenoxy) is 1. The summed E-state index contributed by atoms with van der Waals surface area (Å²) in [4.78, 5) is 0. The van der Waals surface area contributed by atoms with Gasteiger partial charge in [0.15, 0.2) is 0 Å². The van der Waals surface area contributed by atoms with Gasteiger partial charge in [-0.1, -0.05) is 35.9 Å². The van der Waals surface area contributed by atoms with Gasteiger partial charge in [-0.3, -0.25) is 0 Å². The summed E-state index contributed by atoms with van der Waals surface area (Å²) in [5.41, 5.74) is 3.81. The van der Waals surface area contributed by atoms with Crippen LogP contribution >= 0.6 is 11.6 Å². The average molecular weight is 274 g/mol. The van der Waals surface area contributed by atoms with Crippen molar-refractivity contribution in [1.29, 1.82) is 0 Å². The predicted molar refractivity (Wildman–Crippen MR) is 78.0 cm³/mol.